The van der Waals surface area contributed by atoms with Crippen molar-refractivity contribution in [1.29, 1.82) is 0 Å². The van der Waals surface area contributed by atoms with Crippen LogP contribution >= 0.6 is 23.5 Å². The maximum atomic E-state index is 12.0. The number of nitrogens with one attached hydrogen (secondary N) is 1. The molecule has 19 heavy (non-hydrogen) atoms. The fraction of sp³-hybridized carbons (Fsp3) is 0.692. The van der Waals surface area contributed by atoms with Crippen LogP contribution in [0.4, 0.5) is 0 Å². The van der Waals surface area contributed by atoms with Gasteiger partial charge in [0, 0.05) is 24.4 Å². The van der Waals surface area contributed by atoms with Gasteiger partial charge >= 0.3 is 0 Å². The van der Waals surface area contributed by atoms with Crippen LogP contribution in [0.2, 0.25) is 0 Å². The molecule has 1 aromatic heterocycles. The van der Waals surface area contributed by atoms with E-state index in [0.717, 1.165) is 41.7 Å². The van der Waals surface area contributed by atoms with Crippen molar-refractivity contribution in [3.63, 3.8) is 0 Å². The average molecular weight is 299 g/mol. The van der Waals surface area contributed by atoms with Gasteiger partial charge in [-0.05, 0) is 12.7 Å². The molecule has 1 atom stereocenters. The Hall–Kier alpha value is -0.620. The van der Waals surface area contributed by atoms with Crippen LogP contribution < -0.4 is 0 Å². The zero-order valence-corrected chi connectivity index (χ0v) is 13.4. The molecule has 1 fully saturated rings. The van der Waals surface area contributed by atoms with E-state index in [2.05, 4.69) is 23.8 Å². The first-order valence-corrected chi connectivity index (χ1v) is 8.91. The number of aryl methyl sites for hydroxylation is 2. The number of thioether (sulfide) groups is 2. The monoisotopic (exact) mass is 299 g/mol. The van der Waals surface area contributed by atoms with E-state index < -0.39 is 0 Å². The Morgan fingerprint density at radius 3 is 2.95 bits per heavy atom. The van der Waals surface area contributed by atoms with Crippen LogP contribution in [0.3, 0.4) is 0 Å². The van der Waals surface area contributed by atoms with Gasteiger partial charge in [0.1, 0.15) is 11.2 Å². The number of aromatic amines is 1. The van der Waals surface area contributed by atoms with Crippen LogP contribution in [-0.4, -0.2) is 44.6 Å². The summed E-state index contributed by atoms with van der Waals surface area (Å²) in [7, 11) is 0. The molecule has 0 spiro atoms. The molecule has 0 aromatic carbocycles. The highest BCUT2D eigenvalue weighted by Crippen LogP contribution is 2.39. The summed E-state index contributed by atoms with van der Waals surface area (Å²) in [5.74, 6) is 3.93. The average Bonchev–Trinajstić information content (AvgIpc) is 2.94. The summed E-state index contributed by atoms with van der Waals surface area (Å²) in [4.78, 5) is 21.9. The lowest BCUT2D eigenvalue weighted by Gasteiger charge is -2.22. The minimum atomic E-state index is 0.0986. The zero-order valence-electron chi connectivity index (χ0n) is 11.7. The van der Waals surface area contributed by atoms with Gasteiger partial charge in [0.25, 0.3) is 0 Å². The van der Waals surface area contributed by atoms with Gasteiger partial charge in [0.05, 0.1) is 11.4 Å². The first-order chi connectivity index (χ1) is 9.17. The van der Waals surface area contributed by atoms with Gasteiger partial charge in [-0.25, -0.2) is 4.98 Å². The van der Waals surface area contributed by atoms with Crippen molar-refractivity contribution in [2.45, 2.75) is 32.6 Å². The van der Waals surface area contributed by atoms with E-state index in [1.807, 2.05) is 23.6 Å². The zero-order chi connectivity index (χ0) is 13.8. The predicted octanol–water partition coefficient (Wildman–Crippen LogP) is 2.61. The van der Waals surface area contributed by atoms with Crippen molar-refractivity contribution >= 4 is 29.4 Å². The maximum Gasteiger partial charge on any atom is 0.233 e. The lowest BCUT2D eigenvalue weighted by molar-refractivity contribution is -0.127. The highest BCUT2D eigenvalue weighted by Gasteiger charge is 2.34. The summed E-state index contributed by atoms with van der Waals surface area (Å²) >= 11 is 3.57. The normalized spacial score (nSPS) is 19.4. The fourth-order valence-corrected chi connectivity index (χ4v) is 4.05. The van der Waals surface area contributed by atoms with Gasteiger partial charge in [-0.3, -0.25) is 4.79 Å². The number of carbonyl (C=O) groups excluding carboxylic acids is 1. The third-order valence-electron chi connectivity index (χ3n) is 3.19. The molecule has 4 nitrogen and oxygen atoms in total. The molecule has 1 aromatic rings. The van der Waals surface area contributed by atoms with Gasteiger partial charge in [-0.1, -0.05) is 13.8 Å². The van der Waals surface area contributed by atoms with Crippen LogP contribution in [-0.2, 0) is 11.2 Å². The van der Waals surface area contributed by atoms with Crippen LogP contribution in [0, 0.1) is 6.92 Å². The van der Waals surface area contributed by atoms with E-state index in [4.69, 9.17) is 0 Å². The molecule has 0 radical (unpaired) electrons. The maximum absolute atomic E-state index is 12.0. The molecule has 1 saturated heterocycles. The molecule has 1 aliphatic rings. The highest BCUT2D eigenvalue weighted by atomic mass is 32.2. The second-order valence-corrected chi connectivity index (χ2v) is 6.96. The minimum absolute atomic E-state index is 0.0986. The molecule has 1 amide bonds. The molecule has 6 heteroatoms. The van der Waals surface area contributed by atoms with Crippen molar-refractivity contribution < 1.29 is 4.79 Å². The van der Waals surface area contributed by atoms with Crippen molar-refractivity contribution in [2.24, 2.45) is 0 Å². The molecule has 0 bridgehead atoms. The summed E-state index contributed by atoms with van der Waals surface area (Å²) in [6.45, 7) is 7.10. The molecule has 2 rings (SSSR count). The summed E-state index contributed by atoms with van der Waals surface area (Å²) < 4.78 is 0. The number of nitrogens with zero attached hydrogens (tertiary/aromatic N) is 2. The number of carbonyl (C=O) groups is 1. The second-order valence-electron chi connectivity index (χ2n) is 4.49. The Morgan fingerprint density at radius 2 is 2.32 bits per heavy atom. The number of aromatic nitrogens is 2. The van der Waals surface area contributed by atoms with Crippen LogP contribution in [0.15, 0.2) is 0 Å². The Balaban J connectivity index is 2.12. The van der Waals surface area contributed by atoms with Gasteiger partial charge in [0.2, 0.25) is 5.91 Å². The standard InChI is InChI=1S/C13H21N3OS2/c1-4-10-14-9(3)12(15-10)13-16(6-7-18-5-2)11(17)8-19-13/h13H,4-8H2,1-3H3,(H,14,15). The van der Waals surface area contributed by atoms with E-state index in [1.54, 1.807) is 11.8 Å². The third kappa shape index (κ3) is 3.28. The van der Waals surface area contributed by atoms with E-state index in [-0.39, 0.29) is 11.3 Å². The Morgan fingerprint density at radius 1 is 1.53 bits per heavy atom. The van der Waals surface area contributed by atoms with Gasteiger partial charge in [-0.15, -0.1) is 11.8 Å². The van der Waals surface area contributed by atoms with Crippen LogP contribution in [0.25, 0.3) is 0 Å². The van der Waals surface area contributed by atoms with E-state index in [9.17, 15) is 4.79 Å². The van der Waals surface area contributed by atoms with Crippen molar-refractivity contribution in [1.82, 2.24) is 14.9 Å². The first-order valence-electron chi connectivity index (χ1n) is 6.71. The van der Waals surface area contributed by atoms with Crippen molar-refractivity contribution in [3.05, 3.63) is 17.2 Å². The molecule has 1 unspecified atom stereocenters. The summed E-state index contributed by atoms with van der Waals surface area (Å²) in [5, 5.41) is 0.0986. The van der Waals surface area contributed by atoms with Gasteiger partial charge in [0.15, 0.2) is 0 Å². The van der Waals surface area contributed by atoms with E-state index in [1.165, 1.54) is 0 Å². The predicted molar refractivity (Wildman–Crippen MR) is 82.6 cm³/mol. The SMILES string of the molecule is CCSCCN1C(=O)CSC1c1nc(CC)[nH]c1C. The summed E-state index contributed by atoms with van der Waals surface area (Å²) in [6, 6.07) is 0. The lowest BCUT2D eigenvalue weighted by atomic mass is 10.3. The molecule has 2 heterocycles. The molecule has 0 saturated carbocycles. The van der Waals surface area contributed by atoms with Gasteiger partial charge in [-0.2, -0.15) is 11.8 Å². The smallest absolute Gasteiger partial charge is 0.233 e. The van der Waals surface area contributed by atoms with Crippen molar-refractivity contribution in [3.8, 4) is 0 Å². The summed E-state index contributed by atoms with van der Waals surface area (Å²) in [5.41, 5.74) is 2.13. The molecular formula is C13H21N3OS2. The van der Waals surface area contributed by atoms with E-state index in [0.29, 0.717) is 5.75 Å². The molecule has 106 valence electrons. The van der Waals surface area contributed by atoms with Crippen LogP contribution in [0.1, 0.15) is 36.4 Å². The number of imidazole rings is 1. The Kier molecular flexibility index (Phi) is 5.21. The van der Waals surface area contributed by atoms with Crippen molar-refractivity contribution in [2.75, 3.05) is 23.8 Å². The Bertz CT molecular complexity index is 447. The largest absolute Gasteiger partial charge is 0.346 e. The molecule has 0 aliphatic carbocycles. The Labute approximate surface area is 123 Å². The molecular weight excluding hydrogens is 278 g/mol. The fourth-order valence-electron chi connectivity index (χ4n) is 2.18. The number of amides is 1. The first kappa shape index (κ1) is 14.8. The van der Waals surface area contributed by atoms with Crippen LogP contribution in [0.5, 0.6) is 0 Å². The van der Waals surface area contributed by atoms with Gasteiger partial charge < -0.3 is 9.88 Å². The number of hydrogen-bond donors (Lipinski definition) is 1. The third-order valence-corrected chi connectivity index (χ3v) is 5.28. The van der Waals surface area contributed by atoms with E-state index >= 15 is 0 Å². The summed E-state index contributed by atoms with van der Waals surface area (Å²) in [6.07, 6.45) is 0.901. The topological polar surface area (TPSA) is 49.0 Å². The minimum Gasteiger partial charge on any atom is -0.346 e. The number of hydrogen-bond acceptors (Lipinski definition) is 4. The molecule has 1 N–H and O–H groups in total. The quantitative estimate of drug-likeness (QED) is 0.820. The number of H-pyrrole nitrogens is 1. The molecule has 1 aliphatic heterocycles. The number of rotatable bonds is 6. The second kappa shape index (κ2) is 6.70. The lowest BCUT2D eigenvalue weighted by Crippen LogP contribution is -2.30. The highest BCUT2D eigenvalue weighted by molar-refractivity contribution is 8.00.